The fourth-order valence-electron chi connectivity index (χ4n) is 1.48. The molecular weight excluding hydrogens is 286 g/mol. The molecule has 0 saturated heterocycles. The quantitative estimate of drug-likeness (QED) is 0.672. The number of carboxylic acids is 1. The molecule has 0 fully saturated rings. The number of carbonyl (C=O) groups is 3. The number of nitrogens with one attached hydrogen (secondary N) is 3. The zero-order valence-electron chi connectivity index (χ0n) is 10.9. The number of hydrogen-bond donors (Lipinski definition) is 4. The monoisotopic (exact) mass is 299 g/mol. The van der Waals surface area contributed by atoms with Crippen molar-refractivity contribution in [2.24, 2.45) is 0 Å². The lowest BCUT2D eigenvalue weighted by Crippen LogP contribution is -2.45. The second kappa shape index (κ2) is 6.76. The summed E-state index contributed by atoms with van der Waals surface area (Å²) in [7, 11) is 1.44. The maximum absolute atomic E-state index is 11.7. The average Bonchev–Trinajstić information content (AvgIpc) is 2.36. The molecule has 1 atom stereocenters. The summed E-state index contributed by atoms with van der Waals surface area (Å²) in [6.07, 6.45) is 0. The number of benzene rings is 1. The van der Waals surface area contributed by atoms with E-state index in [0.29, 0.717) is 0 Å². The Bertz CT molecular complexity index is 548. The lowest BCUT2D eigenvalue weighted by Gasteiger charge is -2.14. The van der Waals surface area contributed by atoms with E-state index in [1.165, 1.54) is 32.2 Å². The smallest absolute Gasteiger partial charge is 0.339 e. The number of aromatic carboxylic acids is 1. The van der Waals surface area contributed by atoms with Gasteiger partial charge in [-0.05, 0) is 19.1 Å². The second-order valence-corrected chi connectivity index (χ2v) is 4.31. The van der Waals surface area contributed by atoms with Crippen molar-refractivity contribution in [3.05, 3.63) is 28.8 Å². The third kappa shape index (κ3) is 3.86. The molecule has 0 aromatic heterocycles. The van der Waals surface area contributed by atoms with Gasteiger partial charge >= 0.3 is 12.0 Å². The maximum Gasteiger partial charge on any atom is 0.339 e. The van der Waals surface area contributed by atoms with Gasteiger partial charge in [-0.2, -0.15) is 0 Å². The van der Waals surface area contributed by atoms with Gasteiger partial charge < -0.3 is 21.1 Å². The number of carboxylic acid groups (broad SMARTS) is 1. The molecule has 7 nitrogen and oxygen atoms in total. The number of likely N-dealkylation sites (N-methyl/N-ethyl adjacent to an activating group) is 1. The van der Waals surface area contributed by atoms with E-state index in [-0.39, 0.29) is 22.2 Å². The van der Waals surface area contributed by atoms with Gasteiger partial charge in [-0.1, -0.05) is 17.7 Å². The SMILES string of the molecule is CNC(=O)C(C)NC(=O)Nc1cccc(Cl)c1C(=O)O. The van der Waals surface area contributed by atoms with Gasteiger partial charge in [0.15, 0.2) is 0 Å². The van der Waals surface area contributed by atoms with Crippen LogP contribution in [0.5, 0.6) is 0 Å². The third-order valence-electron chi connectivity index (χ3n) is 2.46. The standard InChI is InChI=1S/C12H14ClN3O4/c1-6(10(17)14-2)15-12(20)16-8-5-3-4-7(13)9(8)11(18)19/h3-6H,1-2H3,(H,14,17)(H,18,19)(H2,15,16,20). The van der Waals surface area contributed by atoms with Crippen molar-refractivity contribution < 1.29 is 19.5 Å². The van der Waals surface area contributed by atoms with E-state index in [9.17, 15) is 14.4 Å². The molecule has 1 aromatic rings. The van der Waals surface area contributed by atoms with Gasteiger partial charge in [0.05, 0.1) is 10.7 Å². The van der Waals surface area contributed by atoms with Crippen molar-refractivity contribution in [3.8, 4) is 0 Å². The number of hydrogen-bond acceptors (Lipinski definition) is 3. The zero-order valence-corrected chi connectivity index (χ0v) is 11.6. The molecule has 0 radical (unpaired) electrons. The summed E-state index contributed by atoms with van der Waals surface area (Å²) in [4.78, 5) is 34.0. The normalized spacial score (nSPS) is 11.3. The van der Waals surface area contributed by atoms with Crippen LogP contribution in [0.1, 0.15) is 17.3 Å². The Kier molecular flexibility index (Phi) is 5.33. The first kappa shape index (κ1) is 15.8. The fourth-order valence-corrected chi connectivity index (χ4v) is 1.74. The van der Waals surface area contributed by atoms with Crippen molar-refractivity contribution in [1.29, 1.82) is 0 Å². The summed E-state index contributed by atoms with van der Waals surface area (Å²) in [6, 6.07) is 2.85. The van der Waals surface area contributed by atoms with Crippen LogP contribution >= 0.6 is 11.6 Å². The lowest BCUT2D eigenvalue weighted by atomic mass is 10.2. The largest absolute Gasteiger partial charge is 0.478 e. The molecule has 1 aromatic carbocycles. The first-order valence-corrected chi connectivity index (χ1v) is 6.05. The lowest BCUT2D eigenvalue weighted by molar-refractivity contribution is -0.122. The minimum absolute atomic E-state index is 0.00893. The molecule has 0 spiro atoms. The van der Waals surface area contributed by atoms with Crippen molar-refractivity contribution in [2.45, 2.75) is 13.0 Å². The predicted molar refractivity (Wildman–Crippen MR) is 74.1 cm³/mol. The summed E-state index contributed by atoms with van der Waals surface area (Å²) in [5.41, 5.74) is -0.163. The van der Waals surface area contributed by atoms with E-state index in [1.54, 1.807) is 0 Å². The van der Waals surface area contributed by atoms with E-state index < -0.39 is 18.0 Å². The third-order valence-corrected chi connectivity index (χ3v) is 2.78. The van der Waals surface area contributed by atoms with Crippen molar-refractivity contribution >= 4 is 35.2 Å². The Labute approximate surface area is 120 Å². The number of halogens is 1. The zero-order chi connectivity index (χ0) is 15.3. The Hall–Kier alpha value is -2.28. The molecule has 0 bridgehead atoms. The molecule has 108 valence electrons. The number of carbonyl (C=O) groups excluding carboxylic acids is 2. The molecule has 1 unspecified atom stereocenters. The second-order valence-electron chi connectivity index (χ2n) is 3.90. The van der Waals surface area contributed by atoms with Crippen LogP contribution in [-0.4, -0.2) is 36.1 Å². The number of amides is 3. The highest BCUT2D eigenvalue weighted by Crippen LogP contribution is 2.24. The Morgan fingerprint density at radius 1 is 1.30 bits per heavy atom. The van der Waals surface area contributed by atoms with Gasteiger partial charge in [-0.25, -0.2) is 9.59 Å². The molecule has 0 aliphatic rings. The highest BCUT2D eigenvalue weighted by atomic mass is 35.5. The molecular formula is C12H14ClN3O4. The van der Waals surface area contributed by atoms with Crippen LogP contribution in [0.3, 0.4) is 0 Å². The van der Waals surface area contributed by atoms with Crippen LogP contribution in [0.25, 0.3) is 0 Å². The number of urea groups is 1. The predicted octanol–water partition coefficient (Wildman–Crippen LogP) is 1.29. The van der Waals surface area contributed by atoms with Gasteiger partial charge in [0.25, 0.3) is 0 Å². The molecule has 0 aliphatic heterocycles. The van der Waals surface area contributed by atoms with Gasteiger partial charge in [-0.3, -0.25) is 4.79 Å². The van der Waals surface area contributed by atoms with Gasteiger partial charge in [0.2, 0.25) is 5.91 Å². The minimum atomic E-state index is -1.26. The molecule has 3 amide bonds. The Morgan fingerprint density at radius 2 is 1.95 bits per heavy atom. The van der Waals surface area contributed by atoms with Crippen LogP contribution in [-0.2, 0) is 4.79 Å². The summed E-state index contributed by atoms with van der Waals surface area (Å²) < 4.78 is 0. The van der Waals surface area contributed by atoms with Crippen molar-refractivity contribution in [3.63, 3.8) is 0 Å². The molecule has 0 heterocycles. The van der Waals surface area contributed by atoms with E-state index in [0.717, 1.165) is 0 Å². The molecule has 20 heavy (non-hydrogen) atoms. The van der Waals surface area contributed by atoms with Crippen LogP contribution in [0, 0.1) is 0 Å². The molecule has 0 aliphatic carbocycles. The fraction of sp³-hybridized carbons (Fsp3) is 0.250. The first-order chi connectivity index (χ1) is 9.36. The summed E-state index contributed by atoms with van der Waals surface area (Å²) in [6.45, 7) is 1.49. The van der Waals surface area contributed by atoms with Crippen molar-refractivity contribution in [2.75, 3.05) is 12.4 Å². The molecule has 0 saturated carbocycles. The first-order valence-electron chi connectivity index (χ1n) is 5.67. The summed E-state index contributed by atoms with van der Waals surface area (Å²) in [5.74, 6) is -1.63. The van der Waals surface area contributed by atoms with Crippen LogP contribution in [0.4, 0.5) is 10.5 Å². The molecule has 1 rings (SSSR count). The highest BCUT2D eigenvalue weighted by Gasteiger charge is 2.18. The average molecular weight is 300 g/mol. The van der Waals surface area contributed by atoms with Gasteiger partial charge in [0, 0.05) is 7.05 Å². The Morgan fingerprint density at radius 3 is 2.50 bits per heavy atom. The summed E-state index contributed by atoms with van der Waals surface area (Å²) in [5, 5.41) is 16.1. The van der Waals surface area contributed by atoms with Crippen LogP contribution in [0.15, 0.2) is 18.2 Å². The number of rotatable bonds is 4. The topological polar surface area (TPSA) is 108 Å². The van der Waals surface area contributed by atoms with Crippen LogP contribution in [0.2, 0.25) is 5.02 Å². The van der Waals surface area contributed by atoms with E-state index in [4.69, 9.17) is 16.7 Å². The molecule has 4 N–H and O–H groups in total. The Balaban J connectivity index is 2.84. The molecule has 8 heteroatoms. The maximum atomic E-state index is 11.7. The summed E-state index contributed by atoms with van der Waals surface area (Å²) >= 11 is 5.77. The van der Waals surface area contributed by atoms with E-state index >= 15 is 0 Å². The van der Waals surface area contributed by atoms with Gasteiger partial charge in [0.1, 0.15) is 11.6 Å². The van der Waals surface area contributed by atoms with E-state index in [1.807, 2.05) is 0 Å². The van der Waals surface area contributed by atoms with Gasteiger partial charge in [-0.15, -0.1) is 0 Å². The number of anilines is 1. The highest BCUT2D eigenvalue weighted by molar-refractivity contribution is 6.34. The minimum Gasteiger partial charge on any atom is -0.478 e. The van der Waals surface area contributed by atoms with E-state index in [2.05, 4.69) is 16.0 Å². The van der Waals surface area contributed by atoms with Crippen molar-refractivity contribution in [1.82, 2.24) is 10.6 Å². The van der Waals surface area contributed by atoms with Crippen LogP contribution < -0.4 is 16.0 Å².